The first-order valence-electron chi connectivity index (χ1n) is 7.05. The van der Waals surface area contributed by atoms with Crippen LogP contribution in [0.3, 0.4) is 0 Å². The van der Waals surface area contributed by atoms with Gasteiger partial charge in [-0.05, 0) is 30.2 Å². The molecule has 2 aromatic carbocycles. The van der Waals surface area contributed by atoms with Crippen molar-refractivity contribution in [3.63, 3.8) is 0 Å². The molecule has 2 rings (SSSR count). The molecule has 120 valence electrons. The maximum atomic E-state index is 10.3. The highest BCUT2D eigenvalue weighted by Crippen LogP contribution is 2.30. The molecule has 0 fully saturated rings. The van der Waals surface area contributed by atoms with Gasteiger partial charge in [-0.2, -0.15) is 0 Å². The molecule has 0 saturated heterocycles. The molecule has 2 atom stereocenters. The van der Waals surface area contributed by atoms with E-state index >= 15 is 0 Å². The quantitative estimate of drug-likeness (QED) is 0.764. The van der Waals surface area contributed by atoms with E-state index in [4.69, 9.17) is 10.5 Å². The van der Waals surface area contributed by atoms with Gasteiger partial charge in [-0.1, -0.05) is 36.4 Å². The molecule has 0 aliphatic carbocycles. The molecule has 0 aliphatic heterocycles. The number of aliphatic hydroxyl groups is 1. The van der Waals surface area contributed by atoms with Crippen LogP contribution in [0.1, 0.15) is 24.1 Å². The van der Waals surface area contributed by atoms with Gasteiger partial charge in [0.1, 0.15) is 0 Å². The fourth-order valence-corrected chi connectivity index (χ4v) is 2.21. The van der Waals surface area contributed by atoms with Gasteiger partial charge in [0.05, 0.1) is 18.8 Å². The monoisotopic (exact) mass is 323 g/mol. The van der Waals surface area contributed by atoms with Crippen LogP contribution in [0.2, 0.25) is 0 Å². The van der Waals surface area contributed by atoms with Crippen molar-refractivity contribution in [3.8, 4) is 11.5 Å². The van der Waals surface area contributed by atoms with Crippen LogP contribution in [0, 0.1) is 0 Å². The summed E-state index contributed by atoms with van der Waals surface area (Å²) in [5.41, 5.74) is 7.88. The zero-order valence-corrected chi connectivity index (χ0v) is 13.3. The van der Waals surface area contributed by atoms with Crippen molar-refractivity contribution in [2.45, 2.75) is 25.5 Å². The number of nitrogens with two attached hydrogens (primary N) is 1. The minimum absolute atomic E-state index is 0. The lowest BCUT2D eigenvalue weighted by Crippen LogP contribution is -2.28. The van der Waals surface area contributed by atoms with Crippen molar-refractivity contribution >= 4 is 12.4 Å². The van der Waals surface area contributed by atoms with Crippen molar-refractivity contribution in [1.29, 1.82) is 0 Å². The van der Waals surface area contributed by atoms with Gasteiger partial charge in [-0.15, -0.1) is 12.4 Å². The second kappa shape index (κ2) is 8.63. The van der Waals surface area contributed by atoms with Gasteiger partial charge in [-0.25, -0.2) is 0 Å². The van der Waals surface area contributed by atoms with E-state index in [0.717, 1.165) is 11.1 Å². The summed E-state index contributed by atoms with van der Waals surface area (Å²) in [7, 11) is 0. The van der Waals surface area contributed by atoms with E-state index in [1.165, 1.54) is 6.07 Å². The van der Waals surface area contributed by atoms with Crippen LogP contribution < -0.4 is 10.5 Å². The molecule has 2 aromatic rings. The number of aromatic hydroxyl groups is 1. The summed E-state index contributed by atoms with van der Waals surface area (Å²) >= 11 is 0. The van der Waals surface area contributed by atoms with Gasteiger partial charge in [0.15, 0.2) is 11.5 Å². The highest BCUT2D eigenvalue weighted by atomic mass is 35.5. The van der Waals surface area contributed by atoms with Gasteiger partial charge >= 0.3 is 0 Å². The average Bonchev–Trinajstić information content (AvgIpc) is 2.50. The Morgan fingerprint density at radius 2 is 1.82 bits per heavy atom. The number of phenols is 1. The minimum Gasteiger partial charge on any atom is -0.504 e. The molecule has 0 radical (unpaired) electrons. The second-order valence-corrected chi connectivity index (χ2v) is 4.94. The topological polar surface area (TPSA) is 75.7 Å². The lowest BCUT2D eigenvalue weighted by Gasteiger charge is -2.20. The molecule has 4 nitrogen and oxygen atoms in total. The van der Waals surface area contributed by atoms with Gasteiger partial charge in [-0.3, -0.25) is 0 Å². The van der Waals surface area contributed by atoms with Crippen molar-refractivity contribution in [3.05, 3.63) is 59.7 Å². The first kappa shape index (κ1) is 18.3. The Morgan fingerprint density at radius 1 is 1.14 bits per heavy atom. The normalized spacial score (nSPS) is 13.0. The lowest BCUT2D eigenvalue weighted by molar-refractivity contribution is 0.145. The molecule has 0 spiro atoms. The molecule has 0 aliphatic rings. The minimum atomic E-state index is -0.702. The van der Waals surface area contributed by atoms with Crippen LogP contribution in [0.4, 0.5) is 0 Å². The summed E-state index contributed by atoms with van der Waals surface area (Å²) in [5, 5.41) is 20.0. The fourth-order valence-electron chi connectivity index (χ4n) is 2.21. The molecule has 0 saturated carbocycles. The third-order valence-electron chi connectivity index (χ3n) is 3.37. The van der Waals surface area contributed by atoms with E-state index in [9.17, 15) is 10.2 Å². The van der Waals surface area contributed by atoms with Gasteiger partial charge < -0.3 is 20.7 Å². The number of hydrogen-bond donors (Lipinski definition) is 3. The van der Waals surface area contributed by atoms with Gasteiger partial charge in [0.25, 0.3) is 0 Å². The Labute approximate surface area is 137 Å². The Kier molecular flexibility index (Phi) is 7.18. The SMILES string of the molecule is CCOc1cc([C@@H](N)[C@@H](O)Cc2ccccc2)ccc1O.Cl. The van der Waals surface area contributed by atoms with Crippen molar-refractivity contribution in [1.82, 2.24) is 0 Å². The standard InChI is InChI=1S/C17H21NO3.ClH/c1-2-21-16-11-13(8-9-14(16)19)17(18)15(20)10-12-6-4-3-5-7-12;/h3-9,11,15,17,19-20H,2,10,18H2,1H3;1H/t15-,17+;/m0./s1. The number of phenolic OH excluding ortho intramolecular Hbond substituents is 1. The van der Waals surface area contributed by atoms with Gasteiger partial charge in [0, 0.05) is 6.42 Å². The van der Waals surface area contributed by atoms with Crippen molar-refractivity contribution < 1.29 is 14.9 Å². The Hall–Kier alpha value is -1.75. The van der Waals surface area contributed by atoms with E-state index in [2.05, 4.69) is 0 Å². The third-order valence-corrected chi connectivity index (χ3v) is 3.37. The van der Waals surface area contributed by atoms with Crippen LogP contribution in [-0.2, 0) is 6.42 Å². The molecular weight excluding hydrogens is 302 g/mol. The first-order chi connectivity index (χ1) is 10.1. The molecule has 0 bridgehead atoms. The first-order valence-corrected chi connectivity index (χ1v) is 7.05. The van der Waals surface area contributed by atoms with E-state index in [1.54, 1.807) is 12.1 Å². The van der Waals surface area contributed by atoms with Crippen LogP contribution >= 0.6 is 12.4 Å². The largest absolute Gasteiger partial charge is 0.504 e. The highest BCUT2D eigenvalue weighted by molar-refractivity contribution is 5.85. The summed E-state index contributed by atoms with van der Waals surface area (Å²) in [6.07, 6.45) is -0.223. The smallest absolute Gasteiger partial charge is 0.161 e. The Bertz CT molecular complexity index is 577. The van der Waals surface area contributed by atoms with Crippen LogP contribution in [-0.4, -0.2) is 22.9 Å². The maximum Gasteiger partial charge on any atom is 0.161 e. The molecular formula is C17H22ClNO3. The van der Waals surface area contributed by atoms with E-state index in [0.29, 0.717) is 18.8 Å². The maximum absolute atomic E-state index is 10.3. The summed E-state index contributed by atoms with van der Waals surface area (Å²) in [5.74, 6) is 0.461. The molecule has 22 heavy (non-hydrogen) atoms. The predicted octanol–water partition coefficient (Wildman–Crippen LogP) is 2.82. The number of ether oxygens (including phenoxy) is 1. The van der Waals surface area contributed by atoms with E-state index in [-0.39, 0.29) is 18.2 Å². The Morgan fingerprint density at radius 3 is 2.45 bits per heavy atom. The molecule has 0 unspecified atom stereocenters. The molecule has 0 heterocycles. The van der Waals surface area contributed by atoms with Crippen LogP contribution in [0.15, 0.2) is 48.5 Å². The number of benzene rings is 2. The lowest BCUT2D eigenvalue weighted by atomic mass is 9.96. The van der Waals surface area contributed by atoms with E-state index in [1.807, 2.05) is 37.3 Å². The van der Waals surface area contributed by atoms with Crippen LogP contribution in [0.25, 0.3) is 0 Å². The van der Waals surface area contributed by atoms with Crippen molar-refractivity contribution in [2.75, 3.05) is 6.61 Å². The van der Waals surface area contributed by atoms with E-state index < -0.39 is 12.1 Å². The predicted molar refractivity (Wildman–Crippen MR) is 89.6 cm³/mol. The highest BCUT2D eigenvalue weighted by Gasteiger charge is 2.18. The summed E-state index contributed by atoms with van der Waals surface area (Å²) in [6.45, 7) is 2.30. The average molecular weight is 324 g/mol. The summed E-state index contributed by atoms with van der Waals surface area (Å²) in [4.78, 5) is 0. The third kappa shape index (κ3) is 4.63. The molecule has 0 aromatic heterocycles. The zero-order valence-electron chi connectivity index (χ0n) is 12.5. The second-order valence-electron chi connectivity index (χ2n) is 4.94. The number of halogens is 1. The zero-order chi connectivity index (χ0) is 15.2. The Balaban J connectivity index is 0.00000242. The molecule has 5 heteroatoms. The molecule has 4 N–H and O–H groups in total. The van der Waals surface area contributed by atoms with Gasteiger partial charge in [0.2, 0.25) is 0 Å². The van der Waals surface area contributed by atoms with Crippen LogP contribution in [0.5, 0.6) is 11.5 Å². The number of aliphatic hydroxyl groups excluding tert-OH is 1. The summed E-state index contributed by atoms with van der Waals surface area (Å²) < 4.78 is 5.34. The fraction of sp³-hybridized carbons (Fsp3) is 0.294. The van der Waals surface area contributed by atoms with Crippen molar-refractivity contribution in [2.24, 2.45) is 5.73 Å². The summed E-state index contributed by atoms with van der Waals surface area (Å²) in [6, 6.07) is 14.1. The number of rotatable bonds is 6. The molecule has 0 amide bonds. The number of hydrogen-bond acceptors (Lipinski definition) is 4.